The molecule has 1 aromatic carbocycles. The molecule has 0 aliphatic heterocycles. The molecule has 0 spiro atoms. The molecule has 0 fully saturated rings. The van der Waals surface area contributed by atoms with Crippen molar-refractivity contribution in [2.45, 2.75) is 23.1 Å². The highest BCUT2D eigenvalue weighted by atomic mass is 32.2. The van der Waals surface area contributed by atoms with Crippen molar-refractivity contribution in [2.24, 2.45) is 5.73 Å². The Balaban J connectivity index is 2.91. The number of aliphatic carboxylic acids is 1. The molecule has 1 atom stereocenters. The largest absolute Gasteiger partial charge is 0.480 e. The van der Waals surface area contributed by atoms with Gasteiger partial charge in [0, 0.05) is 0 Å². The fraction of sp³-hybridized carbons (Fsp3) is 0.300. The number of rotatable bonds is 5. The van der Waals surface area contributed by atoms with Crippen LogP contribution in [0.2, 0.25) is 0 Å². The van der Waals surface area contributed by atoms with Gasteiger partial charge >= 0.3 is 11.7 Å². The molecule has 0 aliphatic rings. The average molecular weight is 279 g/mol. The lowest BCUT2D eigenvalue weighted by Gasteiger charge is -2.07. The van der Waals surface area contributed by atoms with Gasteiger partial charge in [0.2, 0.25) is 9.84 Å². The Labute approximate surface area is 102 Å². The van der Waals surface area contributed by atoms with Crippen molar-refractivity contribution in [3.8, 4) is 0 Å². The molecule has 1 rings (SSSR count). The van der Waals surface area contributed by atoms with E-state index >= 15 is 0 Å². The number of carboxylic acids is 1. The van der Waals surface area contributed by atoms with E-state index in [1.54, 1.807) is 0 Å². The summed E-state index contributed by atoms with van der Waals surface area (Å²) in [4.78, 5) is 9.99. The lowest BCUT2D eigenvalue weighted by Crippen LogP contribution is -2.32. The summed E-state index contributed by atoms with van der Waals surface area (Å²) in [5.41, 5.74) is 5.74. The molecule has 0 bridgehead atoms. The van der Waals surface area contributed by atoms with E-state index in [9.17, 15) is 22.0 Å². The average Bonchev–Trinajstić information content (AvgIpc) is 2.29. The van der Waals surface area contributed by atoms with E-state index < -0.39 is 32.5 Å². The number of carbonyl (C=O) groups is 1. The standard InChI is InChI=1S/C10H11F2NO4S/c11-10(12)18(16,17)7-3-1-6(2-4-7)5-8(13)9(14)15/h1-4,8,10H,5,13H2,(H,14,15)/t8-/m0/s1. The number of carboxylic acid groups (broad SMARTS) is 1. The first-order chi connectivity index (χ1) is 8.25. The van der Waals surface area contributed by atoms with E-state index in [4.69, 9.17) is 10.8 Å². The SMILES string of the molecule is N[C@@H](Cc1ccc(S(=O)(=O)C(F)F)cc1)C(=O)O. The predicted molar refractivity (Wildman–Crippen MR) is 58.9 cm³/mol. The molecule has 0 saturated heterocycles. The van der Waals surface area contributed by atoms with E-state index in [0.29, 0.717) is 5.56 Å². The zero-order chi connectivity index (χ0) is 13.9. The normalized spacial score (nSPS) is 13.6. The summed E-state index contributed by atoms with van der Waals surface area (Å²) >= 11 is 0. The molecule has 0 amide bonds. The van der Waals surface area contributed by atoms with Crippen LogP contribution in [0.1, 0.15) is 5.56 Å². The lowest BCUT2D eigenvalue weighted by atomic mass is 10.1. The number of benzene rings is 1. The van der Waals surface area contributed by atoms with Gasteiger partial charge in [-0.3, -0.25) is 4.79 Å². The summed E-state index contributed by atoms with van der Waals surface area (Å²) in [5.74, 6) is -4.68. The zero-order valence-corrected chi connectivity index (χ0v) is 9.90. The Bertz CT molecular complexity index is 527. The van der Waals surface area contributed by atoms with Gasteiger partial charge in [0.05, 0.1) is 4.90 Å². The van der Waals surface area contributed by atoms with Gasteiger partial charge in [-0.05, 0) is 24.1 Å². The molecule has 0 heterocycles. The first kappa shape index (κ1) is 14.5. The maximum absolute atomic E-state index is 12.2. The maximum atomic E-state index is 12.2. The van der Waals surface area contributed by atoms with E-state index in [2.05, 4.69) is 0 Å². The highest BCUT2D eigenvalue weighted by Crippen LogP contribution is 2.18. The third-order valence-corrected chi connectivity index (χ3v) is 3.66. The molecule has 3 N–H and O–H groups in total. The summed E-state index contributed by atoms with van der Waals surface area (Å²) in [6.07, 6.45) is -0.00958. The molecular weight excluding hydrogens is 268 g/mol. The molecule has 8 heteroatoms. The molecule has 0 radical (unpaired) electrons. The van der Waals surface area contributed by atoms with E-state index in [1.165, 1.54) is 12.1 Å². The first-order valence-corrected chi connectivity index (χ1v) is 6.39. The van der Waals surface area contributed by atoms with E-state index in [0.717, 1.165) is 12.1 Å². The smallest absolute Gasteiger partial charge is 0.341 e. The predicted octanol–water partition coefficient (Wildman–Crippen LogP) is 0.637. The van der Waals surface area contributed by atoms with Gasteiger partial charge in [0.25, 0.3) is 0 Å². The van der Waals surface area contributed by atoms with Crippen LogP contribution in [0.3, 0.4) is 0 Å². The van der Waals surface area contributed by atoms with Gasteiger partial charge < -0.3 is 10.8 Å². The number of hydrogen-bond donors (Lipinski definition) is 2. The van der Waals surface area contributed by atoms with Crippen molar-refractivity contribution >= 4 is 15.8 Å². The first-order valence-electron chi connectivity index (χ1n) is 4.84. The minimum Gasteiger partial charge on any atom is -0.480 e. The number of hydrogen-bond acceptors (Lipinski definition) is 4. The van der Waals surface area contributed by atoms with Crippen LogP contribution in [0.4, 0.5) is 8.78 Å². The Kier molecular flexibility index (Phi) is 4.36. The Hall–Kier alpha value is -1.54. The summed E-state index contributed by atoms with van der Waals surface area (Å²) in [6, 6.07) is 3.41. The van der Waals surface area contributed by atoms with Crippen molar-refractivity contribution in [1.82, 2.24) is 0 Å². The second-order valence-electron chi connectivity index (χ2n) is 3.60. The zero-order valence-electron chi connectivity index (χ0n) is 9.08. The monoisotopic (exact) mass is 279 g/mol. The molecule has 0 aliphatic carbocycles. The minimum absolute atomic E-state index is 0.00958. The van der Waals surface area contributed by atoms with Crippen LogP contribution in [-0.2, 0) is 21.1 Å². The van der Waals surface area contributed by atoms with Gasteiger partial charge in [-0.1, -0.05) is 12.1 Å². The number of sulfone groups is 1. The molecule has 5 nitrogen and oxygen atoms in total. The van der Waals surface area contributed by atoms with Crippen molar-refractivity contribution in [2.75, 3.05) is 0 Å². The van der Waals surface area contributed by atoms with Crippen LogP contribution in [-0.4, -0.2) is 31.3 Å². The minimum atomic E-state index is -4.62. The fourth-order valence-corrected chi connectivity index (χ4v) is 1.98. The van der Waals surface area contributed by atoms with Crippen LogP contribution in [0, 0.1) is 0 Å². The number of nitrogens with two attached hydrogens (primary N) is 1. The van der Waals surface area contributed by atoms with Crippen LogP contribution in [0.25, 0.3) is 0 Å². The van der Waals surface area contributed by atoms with E-state index in [1.807, 2.05) is 0 Å². The van der Waals surface area contributed by atoms with Gasteiger partial charge in [-0.25, -0.2) is 8.42 Å². The van der Waals surface area contributed by atoms with Gasteiger partial charge in [0.15, 0.2) is 0 Å². The fourth-order valence-electron chi connectivity index (χ4n) is 1.26. The third kappa shape index (κ3) is 3.23. The second-order valence-corrected chi connectivity index (χ2v) is 5.52. The highest BCUT2D eigenvalue weighted by molar-refractivity contribution is 7.91. The van der Waals surface area contributed by atoms with Gasteiger partial charge in [0.1, 0.15) is 6.04 Å². The van der Waals surface area contributed by atoms with E-state index in [-0.39, 0.29) is 6.42 Å². The summed E-state index contributed by atoms with van der Waals surface area (Å²) in [5, 5.41) is 8.58. The Morgan fingerprint density at radius 1 is 1.28 bits per heavy atom. The quantitative estimate of drug-likeness (QED) is 0.824. The summed E-state index contributed by atoms with van der Waals surface area (Å²) < 4.78 is 46.7. The van der Waals surface area contributed by atoms with Crippen molar-refractivity contribution < 1.29 is 27.1 Å². The van der Waals surface area contributed by atoms with Gasteiger partial charge in [-0.15, -0.1) is 0 Å². The highest BCUT2D eigenvalue weighted by Gasteiger charge is 2.26. The molecule has 100 valence electrons. The van der Waals surface area contributed by atoms with Crippen LogP contribution in [0.5, 0.6) is 0 Å². The van der Waals surface area contributed by atoms with Crippen LogP contribution < -0.4 is 5.73 Å². The topological polar surface area (TPSA) is 97.5 Å². The van der Waals surface area contributed by atoms with Crippen molar-refractivity contribution in [3.63, 3.8) is 0 Å². The Morgan fingerprint density at radius 3 is 2.17 bits per heavy atom. The van der Waals surface area contributed by atoms with Crippen molar-refractivity contribution in [3.05, 3.63) is 29.8 Å². The molecular formula is C10H11F2NO4S. The molecule has 0 saturated carbocycles. The van der Waals surface area contributed by atoms with Crippen LogP contribution >= 0.6 is 0 Å². The summed E-state index contributed by atoms with van der Waals surface area (Å²) in [6.45, 7) is 0. The van der Waals surface area contributed by atoms with Crippen LogP contribution in [0.15, 0.2) is 29.2 Å². The second kappa shape index (κ2) is 5.40. The Morgan fingerprint density at radius 2 is 1.78 bits per heavy atom. The molecule has 1 aromatic rings. The van der Waals surface area contributed by atoms with Gasteiger partial charge in [-0.2, -0.15) is 8.78 Å². The molecule has 0 aromatic heterocycles. The lowest BCUT2D eigenvalue weighted by molar-refractivity contribution is -0.138. The van der Waals surface area contributed by atoms with Crippen molar-refractivity contribution in [1.29, 1.82) is 0 Å². The molecule has 0 unspecified atom stereocenters. The maximum Gasteiger partial charge on any atom is 0.341 e. The molecule has 18 heavy (non-hydrogen) atoms. The number of halogens is 2. The number of alkyl halides is 2. The summed E-state index contributed by atoms with van der Waals surface area (Å²) in [7, 11) is -4.62. The third-order valence-electron chi connectivity index (χ3n) is 2.26.